The number of carbonyl (C=O) groups excluding carboxylic acids is 5. The Kier molecular flexibility index (Phi) is 16.1. The Morgan fingerprint density at radius 1 is 0.890 bits per heavy atom. The zero-order valence-corrected chi connectivity index (χ0v) is 39.4. The molecule has 0 saturated carbocycles. The van der Waals surface area contributed by atoms with Crippen molar-refractivity contribution in [3.63, 3.8) is 0 Å². The lowest BCUT2D eigenvalue weighted by Gasteiger charge is -2.31. The van der Waals surface area contributed by atoms with Crippen molar-refractivity contribution in [1.82, 2.24) is 25.5 Å². The van der Waals surface area contributed by atoms with E-state index in [2.05, 4.69) is 21.3 Å². The minimum atomic E-state index is -2.47. The summed E-state index contributed by atoms with van der Waals surface area (Å²) in [5.74, 6) is -5.84. The van der Waals surface area contributed by atoms with E-state index in [-0.39, 0.29) is 87.0 Å². The number of carboxylic acid groups (broad SMARTS) is 2. The van der Waals surface area contributed by atoms with Gasteiger partial charge < -0.3 is 84.9 Å². The van der Waals surface area contributed by atoms with Crippen LogP contribution in [0.2, 0.25) is 0 Å². The maximum Gasteiger partial charge on any atom is 0.407 e. The first-order valence-electron chi connectivity index (χ1n) is 22.8. The van der Waals surface area contributed by atoms with Gasteiger partial charge in [0.05, 0.1) is 47.2 Å². The van der Waals surface area contributed by atoms with E-state index < -0.39 is 96.6 Å². The van der Waals surface area contributed by atoms with Gasteiger partial charge in [-0.2, -0.15) is 0 Å². The number of alkyl carbamates (subject to hydrolysis) is 1. The molecule has 0 spiro atoms. The molecule has 2 aromatic carbocycles. The highest BCUT2D eigenvalue weighted by Gasteiger charge is 2.45. The number of aliphatic hydroxyl groups is 4. The predicted octanol–water partition coefficient (Wildman–Crippen LogP) is 0.163. The third-order valence-electron chi connectivity index (χ3n) is 12.1. The number of amides is 4. The van der Waals surface area contributed by atoms with Crippen LogP contribution in [0.25, 0.3) is 22.3 Å². The predicted molar refractivity (Wildman–Crippen MR) is 246 cm³/mol. The molecule has 2 aromatic heterocycles. The molecule has 0 radical (unpaired) electrons. The number of aromatic nitrogens is 2. The average molecular weight is 1020 g/mol. The van der Waals surface area contributed by atoms with Crippen molar-refractivity contribution in [2.75, 3.05) is 25.2 Å². The number of nitrogens with one attached hydrogen (secondary N) is 4. The van der Waals surface area contributed by atoms with Gasteiger partial charge in [0.1, 0.15) is 19.0 Å². The van der Waals surface area contributed by atoms with Crippen molar-refractivity contribution in [3.8, 4) is 28.6 Å². The van der Waals surface area contributed by atoms with Gasteiger partial charge >= 0.3 is 24.0 Å². The first kappa shape index (κ1) is 52.9. The second kappa shape index (κ2) is 22.2. The fourth-order valence-electron chi connectivity index (χ4n) is 8.23. The Morgan fingerprint density at radius 3 is 2.29 bits per heavy atom. The highest BCUT2D eigenvalue weighted by atomic mass is 16.7. The molecule has 73 heavy (non-hydrogen) atoms. The molecule has 4 amide bonds. The smallest absolute Gasteiger partial charge is 0.407 e. The molecule has 0 saturated heterocycles. The van der Waals surface area contributed by atoms with Crippen LogP contribution in [0.5, 0.6) is 17.2 Å². The maximum atomic E-state index is 13.9. The number of aliphatic carboxylic acids is 2. The number of esters is 1. The first-order chi connectivity index (χ1) is 34.7. The molecule has 0 fully saturated rings. The van der Waals surface area contributed by atoms with E-state index in [9.17, 15) is 63.9 Å². The molecule has 4 aromatic rings. The standard InChI is InChI=1S/C47H52N6O20/c1-4-47(67)28-14-31-38-26(17-53(31)41(60)27(28)19-68-45(47)65)25(24-13-33-34(71-20-70-33)15-29(24)52-38)16-50-46(66)69-18-23-5-6-32(72-44(43(63)64)73-39(22(3)54)42(61)62)30(12-23)51-36(56)8-9-48-35(55)7-10-49-40(59)21(2)11-37(57)58/h5-6,12-15,21-22,39,43-44,54,63-64,67H,4,7-11,16-20H2,1-3H3,(H,48,55)(H,49,59)(H,50,66)(H,51,56)(H,57,58)(H,61,62)/t21?,22-,39?,44?,47-/m0/s1. The Hall–Kier alpha value is -7.91. The minimum absolute atomic E-state index is 0.000174. The van der Waals surface area contributed by atoms with E-state index in [4.69, 9.17) is 38.5 Å². The quantitative estimate of drug-likeness (QED) is 0.0326. The normalized spacial score (nSPS) is 16.7. The van der Waals surface area contributed by atoms with Crippen LogP contribution in [0.15, 0.2) is 41.2 Å². The fraction of sp³-hybridized carbons (Fsp3) is 0.426. The lowest BCUT2D eigenvalue weighted by molar-refractivity contribution is -0.247. The summed E-state index contributed by atoms with van der Waals surface area (Å²) in [6, 6.07) is 8.75. The molecule has 5 heterocycles. The van der Waals surface area contributed by atoms with Crippen LogP contribution >= 0.6 is 0 Å². The summed E-state index contributed by atoms with van der Waals surface area (Å²) in [6.45, 7) is 2.78. The van der Waals surface area contributed by atoms with Crippen LogP contribution in [-0.2, 0) is 74.9 Å². The number of ether oxygens (including phenoxy) is 6. The summed E-state index contributed by atoms with van der Waals surface area (Å²) in [7, 11) is 0. The Morgan fingerprint density at radius 2 is 1.60 bits per heavy atom. The molecule has 10 N–H and O–H groups in total. The second-order valence-corrected chi connectivity index (χ2v) is 17.2. The molecular weight excluding hydrogens is 969 g/mol. The Bertz CT molecular complexity index is 2920. The van der Waals surface area contributed by atoms with Crippen molar-refractivity contribution in [1.29, 1.82) is 0 Å². The summed E-state index contributed by atoms with van der Waals surface area (Å²) < 4.78 is 34.2. The lowest BCUT2D eigenvalue weighted by Crippen LogP contribution is -2.44. The zero-order chi connectivity index (χ0) is 52.9. The molecule has 0 aliphatic carbocycles. The van der Waals surface area contributed by atoms with Crippen molar-refractivity contribution >= 4 is 58.3 Å². The molecule has 3 aliphatic heterocycles. The zero-order valence-electron chi connectivity index (χ0n) is 39.4. The van der Waals surface area contributed by atoms with E-state index in [1.165, 1.54) is 29.7 Å². The van der Waals surface area contributed by atoms with E-state index in [1.54, 1.807) is 25.1 Å². The van der Waals surface area contributed by atoms with Gasteiger partial charge in [-0.1, -0.05) is 19.9 Å². The monoisotopic (exact) mass is 1020 g/mol. The number of benzene rings is 2. The van der Waals surface area contributed by atoms with Crippen LogP contribution in [0.4, 0.5) is 10.5 Å². The number of hydrogen-bond donors (Lipinski definition) is 10. The third kappa shape index (κ3) is 11.7. The molecular formula is C47H52N6O20. The van der Waals surface area contributed by atoms with Crippen LogP contribution in [0, 0.1) is 5.92 Å². The van der Waals surface area contributed by atoms with E-state index in [0.29, 0.717) is 44.9 Å². The summed E-state index contributed by atoms with van der Waals surface area (Å²) in [5.41, 5.74) is -0.121. The summed E-state index contributed by atoms with van der Waals surface area (Å²) in [4.78, 5) is 105. The van der Waals surface area contributed by atoms with Crippen molar-refractivity contribution < 1.29 is 92.6 Å². The van der Waals surface area contributed by atoms with Gasteiger partial charge in [-0.05, 0) is 48.7 Å². The van der Waals surface area contributed by atoms with Gasteiger partial charge in [-0.3, -0.25) is 24.0 Å². The summed E-state index contributed by atoms with van der Waals surface area (Å²) in [6.07, 6.45) is -10.2. The Labute approximate surface area is 413 Å². The summed E-state index contributed by atoms with van der Waals surface area (Å²) >= 11 is 0. The molecule has 3 aliphatic rings. The van der Waals surface area contributed by atoms with E-state index in [0.717, 1.165) is 6.92 Å². The fourth-order valence-corrected chi connectivity index (χ4v) is 8.23. The third-order valence-corrected chi connectivity index (χ3v) is 12.1. The molecule has 0 bridgehead atoms. The van der Waals surface area contributed by atoms with Crippen molar-refractivity contribution in [2.45, 2.75) is 103 Å². The molecule has 5 atom stereocenters. The van der Waals surface area contributed by atoms with Crippen LogP contribution in [0.1, 0.15) is 74.3 Å². The van der Waals surface area contributed by atoms with Crippen LogP contribution in [0.3, 0.4) is 0 Å². The van der Waals surface area contributed by atoms with Gasteiger partial charge in [-0.15, -0.1) is 0 Å². The van der Waals surface area contributed by atoms with Crippen molar-refractivity contribution in [2.24, 2.45) is 5.92 Å². The first-order valence-corrected chi connectivity index (χ1v) is 22.8. The number of fused-ring (bicyclic) bond motifs is 6. The van der Waals surface area contributed by atoms with Gasteiger partial charge in [0.15, 0.2) is 23.2 Å². The second-order valence-electron chi connectivity index (χ2n) is 17.2. The number of pyridine rings is 2. The Balaban J connectivity index is 1.07. The number of anilines is 1. The van der Waals surface area contributed by atoms with Crippen LogP contribution < -0.4 is 41.0 Å². The average Bonchev–Trinajstić information content (AvgIpc) is 3.95. The number of nitrogens with zero attached hydrogens (tertiary/aromatic N) is 2. The van der Waals surface area contributed by atoms with Crippen molar-refractivity contribution in [3.05, 3.63) is 74.6 Å². The number of cyclic esters (lactones) is 1. The van der Waals surface area contributed by atoms with E-state index >= 15 is 0 Å². The van der Waals surface area contributed by atoms with Gasteiger partial charge in [0, 0.05) is 61.0 Å². The van der Waals surface area contributed by atoms with E-state index in [1.807, 2.05) is 0 Å². The largest absolute Gasteiger partial charge is 0.481 e. The highest BCUT2D eigenvalue weighted by molar-refractivity contribution is 5.93. The van der Waals surface area contributed by atoms with Gasteiger partial charge in [0.25, 0.3) is 11.8 Å². The molecule has 3 unspecified atom stereocenters. The molecule has 7 rings (SSSR count). The SMILES string of the molecule is CC[C@@]1(O)C(=O)OCc2c1cc1n(c2=O)Cc2c-1nc1cc3c(cc1c2CNC(=O)OCc1ccc(OC(OC(C(=O)O)[C@H](C)O)C(O)O)c(NC(=O)CCNC(=O)CCNC(=O)C(C)CC(=O)O)c1)OCO3. The van der Waals surface area contributed by atoms with Gasteiger partial charge in [-0.25, -0.2) is 19.4 Å². The lowest BCUT2D eigenvalue weighted by atomic mass is 9.86. The molecule has 390 valence electrons. The summed E-state index contributed by atoms with van der Waals surface area (Å²) in [5, 5.41) is 70.5. The highest BCUT2D eigenvalue weighted by Crippen LogP contribution is 2.43. The number of rotatable bonds is 22. The topological polar surface area (TPSA) is 379 Å². The number of carboxylic acids is 2. The van der Waals surface area contributed by atoms with Gasteiger partial charge in [0.2, 0.25) is 30.8 Å². The maximum absolute atomic E-state index is 13.9. The molecule has 26 heteroatoms. The molecule has 26 nitrogen and oxygen atoms in total. The van der Waals surface area contributed by atoms with Crippen LogP contribution in [-0.4, -0.2) is 127 Å². The number of hydrogen-bond acceptors (Lipinski definition) is 19. The minimum Gasteiger partial charge on any atom is -0.481 e. The number of aliphatic hydroxyl groups excluding tert-OH is 2. The number of carbonyl (C=O) groups is 7.